The first-order valence-electron chi connectivity index (χ1n) is 12.5. The Balaban J connectivity index is 3.38. The lowest BCUT2D eigenvalue weighted by atomic mass is 10.0. The quantitative estimate of drug-likeness (QED) is 0.130. The summed E-state index contributed by atoms with van der Waals surface area (Å²) < 4.78 is 28.1. The molecule has 0 aromatic heterocycles. The van der Waals surface area contributed by atoms with Crippen molar-refractivity contribution in [2.75, 3.05) is 5.75 Å². The van der Waals surface area contributed by atoms with Crippen molar-refractivity contribution in [3.8, 4) is 0 Å². The van der Waals surface area contributed by atoms with Crippen LogP contribution in [0.3, 0.4) is 0 Å². The van der Waals surface area contributed by atoms with Crippen LogP contribution in [0, 0.1) is 0 Å². The molecule has 0 rings (SSSR count). The molecular formula is C24H48O4S. The van der Waals surface area contributed by atoms with Gasteiger partial charge in [-0.2, -0.15) is 8.42 Å². The summed E-state index contributed by atoms with van der Waals surface area (Å²) in [5, 5.41) is 0. The van der Waals surface area contributed by atoms with Gasteiger partial charge in [0.2, 0.25) is 0 Å². The molecule has 5 heteroatoms. The molecule has 0 aliphatic rings. The van der Waals surface area contributed by atoms with Crippen molar-refractivity contribution in [3.63, 3.8) is 0 Å². The van der Waals surface area contributed by atoms with Crippen LogP contribution >= 0.6 is 0 Å². The molecule has 0 saturated heterocycles. The first kappa shape index (κ1) is 28.4. The highest BCUT2D eigenvalue weighted by molar-refractivity contribution is 7.87. The Bertz CT molecular complexity index is 460. The van der Waals surface area contributed by atoms with Gasteiger partial charge in [0, 0.05) is 6.42 Å². The Morgan fingerprint density at radius 3 is 1.31 bits per heavy atom. The minimum absolute atomic E-state index is 0.0441. The van der Waals surface area contributed by atoms with Crippen LogP contribution in [0.25, 0.3) is 0 Å². The summed E-state index contributed by atoms with van der Waals surface area (Å²) >= 11 is 0. The summed E-state index contributed by atoms with van der Waals surface area (Å²) in [6.07, 6.45) is 22.8. The largest absolute Gasteiger partial charge is 0.346 e. The zero-order valence-electron chi connectivity index (χ0n) is 19.4. The molecule has 0 aromatic carbocycles. The van der Waals surface area contributed by atoms with Gasteiger partial charge in [0.05, 0.1) is 5.75 Å². The van der Waals surface area contributed by atoms with Crippen LogP contribution in [0.4, 0.5) is 0 Å². The van der Waals surface area contributed by atoms with Crippen molar-refractivity contribution in [2.45, 2.75) is 142 Å². The lowest BCUT2D eigenvalue weighted by molar-refractivity contribution is -0.133. The minimum Gasteiger partial charge on any atom is -0.346 e. The minimum atomic E-state index is -3.68. The van der Waals surface area contributed by atoms with E-state index in [9.17, 15) is 13.2 Å². The lowest BCUT2D eigenvalue weighted by Gasteiger charge is -2.06. The fourth-order valence-corrected chi connectivity index (χ4v) is 4.58. The lowest BCUT2D eigenvalue weighted by Crippen LogP contribution is -2.16. The molecule has 0 N–H and O–H groups in total. The van der Waals surface area contributed by atoms with E-state index in [4.69, 9.17) is 0 Å². The summed E-state index contributed by atoms with van der Waals surface area (Å²) in [4.78, 5) is 11.7. The van der Waals surface area contributed by atoms with Crippen molar-refractivity contribution in [1.82, 2.24) is 0 Å². The van der Waals surface area contributed by atoms with Crippen molar-refractivity contribution in [3.05, 3.63) is 0 Å². The Morgan fingerprint density at radius 1 is 0.552 bits per heavy atom. The molecule has 0 spiro atoms. The number of rotatable bonds is 22. The Morgan fingerprint density at radius 2 is 0.897 bits per heavy atom. The maximum absolute atomic E-state index is 11.7. The molecule has 0 atom stereocenters. The summed E-state index contributed by atoms with van der Waals surface area (Å²) in [5.41, 5.74) is 0. The van der Waals surface area contributed by atoms with Crippen molar-refractivity contribution >= 4 is 16.1 Å². The van der Waals surface area contributed by atoms with E-state index in [1.807, 2.05) is 0 Å². The topological polar surface area (TPSA) is 60.4 Å². The summed E-state index contributed by atoms with van der Waals surface area (Å²) in [6.45, 7) is 4.34. The summed E-state index contributed by atoms with van der Waals surface area (Å²) in [6, 6.07) is 0. The van der Waals surface area contributed by atoms with E-state index in [0.29, 0.717) is 6.42 Å². The highest BCUT2D eigenvalue weighted by Gasteiger charge is 2.16. The zero-order chi connectivity index (χ0) is 21.6. The average Bonchev–Trinajstić information content (AvgIpc) is 2.68. The average molecular weight is 433 g/mol. The van der Waals surface area contributed by atoms with E-state index in [2.05, 4.69) is 18.0 Å². The standard InChI is InChI=1S/C24H48O4S/c1-3-5-7-9-10-11-12-13-14-15-16-17-18-19-20-22-24(25)28-29(26,27)23-21-8-6-4-2/h3-23H2,1-2H3. The van der Waals surface area contributed by atoms with Gasteiger partial charge in [0.25, 0.3) is 0 Å². The second-order valence-electron chi connectivity index (χ2n) is 8.48. The van der Waals surface area contributed by atoms with Crippen LogP contribution in [0.1, 0.15) is 142 Å². The van der Waals surface area contributed by atoms with Gasteiger partial charge in [-0.1, -0.05) is 123 Å². The van der Waals surface area contributed by atoms with Gasteiger partial charge >= 0.3 is 16.1 Å². The molecule has 0 aliphatic carbocycles. The van der Waals surface area contributed by atoms with Gasteiger partial charge in [0.1, 0.15) is 0 Å². The molecule has 174 valence electrons. The monoisotopic (exact) mass is 432 g/mol. The predicted octanol–water partition coefficient (Wildman–Crippen LogP) is 7.70. The Labute approximate surface area is 181 Å². The van der Waals surface area contributed by atoms with E-state index in [1.54, 1.807) is 0 Å². The molecule has 29 heavy (non-hydrogen) atoms. The van der Waals surface area contributed by atoms with Crippen LogP contribution in [-0.4, -0.2) is 20.1 Å². The molecule has 0 unspecified atom stereocenters. The molecule has 0 aromatic rings. The van der Waals surface area contributed by atoms with Crippen LogP contribution in [0.5, 0.6) is 0 Å². The van der Waals surface area contributed by atoms with Gasteiger partial charge in [-0.05, 0) is 12.8 Å². The first-order chi connectivity index (χ1) is 14.0. The van der Waals surface area contributed by atoms with Crippen LogP contribution in [-0.2, 0) is 19.1 Å². The molecule has 0 aliphatic heterocycles. The predicted molar refractivity (Wildman–Crippen MR) is 124 cm³/mol. The number of hydrogen-bond acceptors (Lipinski definition) is 4. The number of carbonyl (C=O) groups is 1. The third-order valence-electron chi connectivity index (χ3n) is 5.45. The van der Waals surface area contributed by atoms with E-state index in [0.717, 1.165) is 38.5 Å². The smallest absolute Gasteiger partial charge is 0.322 e. The highest BCUT2D eigenvalue weighted by atomic mass is 32.2. The zero-order valence-corrected chi connectivity index (χ0v) is 20.2. The molecule has 4 nitrogen and oxygen atoms in total. The molecular weight excluding hydrogens is 384 g/mol. The molecule has 0 heterocycles. The highest BCUT2D eigenvalue weighted by Crippen LogP contribution is 2.14. The fourth-order valence-electron chi connectivity index (χ4n) is 3.57. The van der Waals surface area contributed by atoms with Gasteiger partial charge < -0.3 is 4.18 Å². The van der Waals surface area contributed by atoms with Crippen LogP contribution in [0.2, 0.25) is 0 Å². The second kappa shape index (κ2) is 20.7. The second-order valence-corrected chi connectivity index (χ2v) is 10.2. The maximum Gasteiger partial charge on any atom is 0.322 e. The van der Waals surface area contributed by atoms with Gasteiger partial charge in [-0.25, -0.2) is 0 Å². The first-order valence-corrected chi connectivity index (χ1v) is 14.0. The third-order valence-corrected chi connectivity index (χ3v) is 6.68. The number of carbonyl (C=O) groups excluding carboxylic acids is 1. The number of unbranched alkanes of at least 4 members (excludes halogenated alkanes) is 17. The third kappa shape index (κ3) is 21.9. The molecule has 0 fully saturated rings. The number of hydrogen-bond donors (Lipinski definition) is 0. The summed E-state index contributed by atoms with van der Waals surface area (Å²) in [7, 11) is -3.68. The van der Waals surface area contributed by atoms with Gasteiger partial charge in [0.15, 0.2) is 0 Å². The van der Waals surface area contributed by atoms with E-state index >= 15 is 0 Å². The Hall–Kier alpha value is -0.580. The Kier molecular flexibility index (Phi) is 20.3. The molecule has 0 saturated carbocycles. The van der Waals surface area contributed by atoms with Crippen molar-refractivity contribution in [2.24, 2.45) is 0 Å². The van der Waals surface area contributed by atoms with Crippen molar-refractivity contribution < 1.29 is 17.4 Å². The van der Waals surface area contributed by atoms with E-state index < -0.39 is 16.1 Å². The molecule has 0 amide bonds. The van der Waals surface area contributed by atoms with Crippen LogP contribution in [0.15, 0.2) is 0 Å². The molecule has 0 radical (unpaired) electrons. The van der Waals surface area contributed by atoms with Crippen molar-refractivity contribution in [1.29, 1.82) is 0 Å². The van der Waals surface area contributed by atoms with E-state index in [-0.39, 0.29) is 12.2 Å². The van der Waals surface area contributed by atoms with Gasteiger partial charge in [-0.3, -0.25) is 4.79 Å². The van der Waals surface area contributed by atoms with E-state index in [1.165, 1.54) is 77.0 Å². The molecule has 0 bridgehead atoms. The van der Waals surface area contributed by atoms with Crippen LogP contribution < -0.4 is 0 Å². The van der Waals surface area contributed by atoms with Gasteiger partial charge in [-0.15, -0.1) is 0 Å². The maximum atomic E-state index is 11.7. The SMILES string of the molecule is CCCCCCCCCCCCCCCCCC(=O)OS(=O)(=O)CCCCCC. The fraction of sp³-hybridized carbons (Fsp3) is 0.958. The summed E-state index contributed by atoms with van der Waals surface area (Å²) in [5.74, 6) is -0.632. The normalized spacial score (nSPS) is 11.7.